The van der Waals surface area contributed by atoms with Crippen molar-refractivity contribution in [3.05, 3.63) is 29.6 Å². The maximum atomic E-state index is 13.6. The molecule has 1 heterocycles. The Morgan fingerprint density at radius 1 is 1.33 bits per heavy atom. The van der Waals surface area contributed by atoms with E-state index in [1.54, 1.807) is 6.07 Å². The van der Waals surface area contributed by atoms with Gasteiger partial charge in [0.15, 0.2) is 0 Å². The molecule has 0 saturated carbocycles. The summed E-state index contributed by atoms with van der Waals surface area (Å²) in [7, 11) is 0. The van der Waals surface area contributed by atoms with E-state index in [2.05, 4.69) is 11.8 Å². The fourth-order valence-electron chi connectivity index (χ4n) is 2.85. The van der Waals surface area contributed by atoms with Gasteiger partial charge in [-0.15, -0.1) is 11.6 Å². The van der Waals surface area contributed by atoms with Crippen LogP contribution in [0, 0.1) is 5.82 Å². The summed E-state index contributed by atoms with van der Waals surface area (Å²) in [6.45, 7) is 3.25. The van der Waals surface area contributed by atoms with E-state index in [4.69, 9.17) is 11.6 Å². The van der Waals surface area contributed by atoms with Gasteiger partial charge >= 0.3 is 0 Å². The molecule has 1 saturated heterocycles. The van der Waals surface area contributed by atoms with E-state index in [1.165, 1.54) is 38.2 Å². The Labute approximate surface area is 114 Å². The number of piperidine rings is 1. The number of hydrogen-bond acceptors (Lipinski definition) is 1. The lowest BCUT2D eigenvalue weighted by Crippen LogP contribution is -2.39. The Morgan fingerprint density at radius 3 is 2.89 bits per heavy atom. The molecule has 1 aromatic carbocycles. The molecule has 1 aliphatic rings. The van der Waals surface area contributed by atoms with E-state index in [0.717, 1.165) is 17.8 Å². The highest BCUT2D eigenvalue weighted by atomic mass is 35.5. The van der Waals surface area contributed by atoms with E-state index >= 15 is 0 Å². The van der Waals surface area contributed by atoms with Crippen molar-refractivity contribution in [1.29, 1.82) is 0 Å². The number of alkyl halides is 1. The molecule has 0 amide bonds. The maximum absolute atomic E-state index is 13.6. The first-order valence-corrected chi connectivity index (χ1v) is 7.40. The average Bonchev–Trinajstić information content (AvgIpc) is 2.39. The molecule has 100 valence electrons. The summed E-state index contributed by atoms with van der Waals surface area (Å²) in [6, 6.07) is 5.76. The zero-order valence-corrected chi connectivity index (χ0v) is 11.7. The zero-order chi connectivity index (χ0) is 13.0. The fraction of sp³-hybridized carbons (Fsp3) is 0.600. The highest BCUT2D eigenvalue weighted by molar-refractivity contribution is 6.17. The van der Waals surface area contributed by atoms with Crippen LogP contribution in [0.4, 0.5) is 10.1 Å². The Hall–Kier alpha value is -0.760. The van der Waals surface area contributed by atoms with Crippen LogP contribution in [0.1, 0.15) is 44.6 Å². The minimum Gasteiger partial charge on any atom is -0.368 e. The van der Waals surface area contributed by atoms with Gasteiger partial charge in [0.2, 0.25) is 0 Å². The molecule has 1 aliphatic heterocycles. The summed E-state index contributed by atoms with van der Waals surface area (Å²) >= 11 is 5.82. The predicted molar refractivity (Wildman–Crippen MR) is 75.9 cm³/mol. The number of benzene rings is 1. The van der Waals surface area contributed by atoms with E-state index in [1.807, 2.05) is 6.07 Å². The van der Waals surface area contributed by atoms with E-state index in [-0.39, 0.29) is 5.82 Å². The third-order valence-electron chi connectivity index (χ3n) is 3.68. The van der Waals surface area contributed by atoms with Crippen LogP contribution in [0.5, 0.6) is 0 Å². The van der Waals surface area contributed by atoms with E-state index in [0.29, 0.717) is 11.9 Å². The molecule has 0 radical (unpaired) electrons. The topological polar surface area (TPSA) is 3.24 Å². The van der Waals surface area contributed by atoms with Crippen LogP contribution < -0.4 is 4.90 Å². The van der Waals surface area contributed by atoms with Crippen molar-refractivity contribution >= 4 is 17.3 Å². The van der Waals surface area contributed by atoms with Gasteiger partial charge in [0.25, 0.3) is 0 Å². The van der Waals surface area contributed by atoms with Gasteiger partial charge < -0.3 is 4.90 Å². The SMILES string of the molecule is CCCC1CCCCN1c1cc(F)cc(CCl)c1. The molecule has 1 atom stereocenters. The molecule has 0 aromatic heterocycles. The lowest BCUT2D eigenvalue weighted by Gasteiger charge is -2.38. The van der Waals surface area contributed by atoms with Crippen molar-refractivity contribution in [2.24, 2.45) is 0 Å². The van der Waals surface area contributed by atoms with E-state index < -0.39 is 0 Å². The molecular weight excluding hydrogens is 249 g/mol. The molecule has 0 bridgehead atoms. The molecule has 1 unspecified atom stereocenters. The van der Waals surface area contributed by atoms with Crippen LogP contribution in [0.3, 0.4) is 0 Å². The summed E-state index contributed by atoms with van der Waals surface area (Å²) in [6.07, 6.45) is 6.08. The molecular formula is C15H21ClFN. The van der Waals surface area contributed by atoms with Gasteiger partial charge in [0, 0.05) is 24.2 Å². The summed E-state index contributed by atoms with van der Waals surface area (Å²) < 4.78 is 13.6. The Kier molecular flexibility index (Phi) is 4.87. The van der Waals surface area contributed by atoms with Crippen molar-refractivity contribution in [2.75, 3.05) is 11.4 Å². The largest absolute Gasteiger partial charge is 0.368 e. The third kappa shape index (κ3) is 3.17. The van der Waals surface area contributed by atoms with Crippen molar-refractivity contribution in [1.82, 2.24) is 0 Å². The minimum absolute atomic E-state index is 0.177. The second kappa shape index (κ2) is 6.42. The van der Waals surface area contributed by atoms with Gasteiger partial charge in [0.05, 0.1) is 0 Å². The first-order valence-electron chi connectivity index (χ1n) is 6.86. The molecule has 2 rings (SSSR count). The number of halogens is 2. The smallest absolute Gasteiger partial charge is 0.125 e. The van der Waals surface area contributed by atoms with Gasteiger partial charge in [-0.05, 0) is 49.4 Å². The van der Waals surface area contributed by atoms with Gasteiger partial charge in [-0.3, -0.25) is 0 Å². The van der Waals surface area contributed by atoms with Gasteiger partial charge in [-0.2, -0.15) is 0 Å². The normalized spacial score (nSPS) is 20.2. The van der Waals surface area contributed by atoms with E-state index in [9.17, 15) is 4.39 Å². The quantitative estimate of drug-likeness (QED) is 0.715. The molecule has 0 aliphatic carbocycles. The van der Waals surface area contributed by atoms with Crippen molar-refractivity contribution in [3.63, 3.8) is 0 Å². The number of anilines is 1. The second-order valence-corrected chi connectivity index (χ2v) is 5.35. The van der Waals surface area contributed by atoms with Crippen molar-refractivity contribution in [3.8, 4) is 0 Å². The summed E-state index contributed by atoms with van der Waals surface area (Å²) in [4.78, 5) is 2.37. The second-order valence-electron chi connectivity index (χ2n) is 5.08. The zero-order valence-electron chi connectivity index (χ0n) is 11.0. The van der Waals surface area contributed by atoms with Gasteiger partial charge in [0.1, 0.15) is 5.82 Å². The molecule has 0 spiro atoms. The first-order chi connectivity index (χ1) is 8.74. The standard InChI is InChI=1S/C15H21ClFN/c1-2-5-14-6-3-4-7-18(14)15-9-12(11-16)8-13(17)10-15/h8-10,14H,2-7,11H2,1H3. The Balaban J connectivity index is 2.24. The predicted octanol–water partition coefficient (Wildman–Crippen LogP) is 4.72. The van der Waals surface area contributed by atoms with Crippen LogP contribution in [-0.4, -0.2) is 12.6 Å². The third-order valence-corrected chi connectivity index (χ3v) is 3.99. The number of rotatable bonds is 4. The average molecular weight is 270 g/mol. The highest BCUT2D eigenvalue weighted by Gasteiger charge is 2.22. The molecule has 0 N–H and O–H groups in total. The molecule has 1 aromatic rings. The summed E-state index contributed by atoms with van der Waals surface area (Å²) in [5, 5.41) is 0. The van der Waals surface area contributed by atoms with Gasteiger partial charge in [-0.25, -0.2) is 4.39 Å². The van der Waals surface area contributed by atoms with Gasteiger partial charge in [-0.1, -0.05) is 13.3 Å². The van der Waals surface area contributed by atoms with Crippen LogP contribution in [0.15, 0.2) is 18.2 Å². The fourth-order valence-corrected chi connectivity index (χ4v) is 3.00. The van der Waals surface area contributed by atoms with Crippen LogP contribution in [0.25, 0.3) is 0 Å². The molecule has 1 nitrogen and oxygen atoms in total. The number of hydrogen-bond donors (Lipinski definition) is 0. The Morgan fingerprint density at radius 2 is 2.17 bits per heavy atom. The minimum atomic E-state index is -0.177. The maximum Gasteiger partial charge on any atom is 0.125 e. The monoisotopic (exact) mass is 269 g/mol. The van der Waals surface area contributed by atoms with Crippen molar-refractivity contribution in [2.45, 2.75) is 50.9 Å². The van der Waals surface area contributed by atoms with Crippen LogP contribution >= 0.6 is 11.6 Å². The highest BCUT2D eigenvalue weighted by Crippen LogP contribution is 2.29. The lowest BCUT2D eigenvalue weighted by molar-refractivity contribution is 0.434. The number of nitrogens with zero attached hydrogens (tertiary/aromatic N) is 1. The Bertz CT molecular complexity index is 392. The molecule has 1 fully saturated rings. The molecule has 18 heavy (non-hydrogen) atoms. The van der Waals surface area contributed by atoms with Crippen LogP contribution in [-0.2, 0) is 5.88 Å². The molecule has 3 heteroatoms. The summed E-state index contributed by atoms with van der Waals surface area (Å²) in [5.41, 5.74) is 1.87. The summed E-state index contributed by atoms with van der Waals surface area (Å²) in [5.74, 6) is 0.195. The van der Waals surface area contributed by atoms with Crippen molar-refractivity contribution < 1.29 is 4.39 Å². The van der Waals surface area contributed by atoms with Crippen LogP contribution in [0.2, 0.25) is 0 Å². The first kappa shape index (κ1) is 13.7. The lowest BCUT2D eigenvalue weighted by atomic mass is 9.97.